The van der Waals surface area contributed by atoms with E-state index in [1.165, 1.54) is 12.1 Å². The van der Waals surface area contributed by atoms with Crippen molar-refractivity contribution < 1.29 is 8.78 Å². The molecular formula is C14H10BrClF2. The van der Waals surface area contributed by atoms with Gasteiger partial charge in [-0.15, -0.1) is 11.6 Å². The quantitative estimate of drug-likeness (QED) is 0.650. The summed E-state index contributed by atoms with van der Waals surface area (Å²) < 4.78 is 27.9. The molecule has 0 saturated carbocycles. The number of aryl methyl sites for hydroxylation is 1. The molecule has 0 nitrogen and oxygen atoms in total. The summed E-state index contributed by atoms with van der Waals surface area (Å²) in [4.78, 5) is 0. The molecule has 0 bridgehead atoms. The van der Waals surface area contributed by atoms with Crippen LogP contribution >= 0.6 is 27.5 Å². The van der Waals surface area contributed by atoms with Crippen LogP contribution in [0.3, 0.4) is 0 Å². The molecular weight excluding hydrogens is 322 g/mol. The van der Waals surface area contributed by atoms with Crippen LogP contribution in [0, 0.1) is 18.6 Å². The Morgan fingerprint density at radius 1 is 1.06 bits per heavy atom. The molecule has 1 unspecified atom stereocenters. The van der Waals surface area contributed by atoms with Crippen LogP contribution in [-0.2, 0) is 0 Å². The van der Waals surface area contributed by atoms with Crippen molar-refractivity contribution in [1.82, 2.24) is 0 Å². The van der Waals surface area contributed by atoms with Crippen LogP contribution in [-0.4, -0.2) is 0 Å². The summed E-state index contributed by atoms with van der Waals surface area (Å²) in [6.45, 7) is 1.94. The van der Waals surface area contributed by atoms with Crippen LogP contribution in [0.25, 0.3) is 0 Å². The van der Waals surface area contributed by atoms with Gasteiger partial charge in [0.15, 0.2) is 0 Å². The minimum atomic E-state index is -0.835. The monoisotopic (exact) mass is 330 g/mol. The van der Waals surface area contributed by atoms with Crippen LogP contribution in [0.5, 0.6) is 0 Å². The van der Waals surface area contributed by atoms with Crippen LogP contribution in [0.1, 0.15) is 22.1 Å². The molecule has 0 N–H and O–H groups in total. The topological polar surface area (TPSA) is 0 Å². The average molecular weight is 332 g/mol. The highest BCUT2D eigenvalue weighted by atomic mass is 79.9. The maximum absolute atomic E-state index is 13.8. The fourth-order valence-electron chi connectivity index (χ4n) is 1.70. The third kappa shape index (κ3) is 2.73. The largest absolute Gasteiger partial charge is 0.206 e. The zero-order valence-electron chi connectivity index (χ0n) is 9.55. The molecule has 0 aliphatic rings. The van der Waals surface area contributed by atoms with Crippen LogP contribution < -0.4 is 0 Å². The first-order valence-electron chi connectivity index (χ1n) is 5.34. The smallest absolute Gasteiger partial charge is 0.132 e. The third-order valence-corrected chi connectivity index (χ3v) is 3.60. The van der Waals surface area contributed by atoms with E-state index >= 15 is 0 Å². The first kappa shape index (κ1) is 13.5. The summed E-state index contributed by atoms with van der Waals surface area (Å²) in [5.74, 6) is -1.30. The molecule has 0 amide bonds. The van der Waals surface area contributed by atoms with Gasteiger partial charge in [0, 0.05) is 10.0 Å². The van der Waals surface area contributed by atoms with Crippen molar-refractivity contribution in [3.8, 4) is 0 Å². The predicted octanol–water partition coefficient (Wildman–Crippen LogP) is 5.36. The Morgan fingerprint density at radius 2 is 1.56 bits per heavy atom. The molecule has 0 saturated heterocycles. The average Bonchev–Trinajstić information content (AvgIpc) is 2.28. The van der Waals surface area contributed by atoms with Crippen molar-refractivity contribution >= 4 is 27.5 Å². The van der Waals surface area contributed by atoms with Crippen LogP contribution in [0.2, 0.25) is 0 Å². The molecule has 0 radical (unpaired) electrons. The number of halogens is 4. The molecule has 18 heavy (non-hydrogen) atoms. The molecule has 2 aromatic rings. The first-order chi connectivity index (χ1) is 8.49. The third-order valence-electron chi connectivity index (χ3n) is 2.67. The van der Waals surface area contributed by atoms with E-state index in [0.29, 0.717) is 10.0 Å². The molecule has 94 valence electrons. The second-order valence-electron chi connectivity index (χ2n) is 4.06. The summed E-state index contributed by atoms with van der Waals surface area (Å²) in [5.41, 5.74) is 1.62. The predicted molar refractivity (Wildman–Crippen MR) is 72.9 cm³/mol. The molecule has 0 aliphatic heterocycles. The van der Waals surface area contributed by atoms with Crippen LogP contribution in [0.4, 0.5) is 8.78 Å². The van der Waals surface area contributed by atoms with Gasteiger partial charge in [-0.05, 0) is 24.6 Å². The molecule has 2 aromatic carbocycles. The van der Waals surface area contributed by atoms with Crippen LogP contribution in [0.15, 0.2) is 40.9 Å². The van der Waals surface area contributed by atoms with Gasteiger partial charge >= 0.3 is 0 Å². The summed E-state index contributed by atoms with van der Waals surface area (Å²) in [6.07, 6.45) is 0. The highest BCUT2D eigenvalue weighted by molar-refractivity contribution is 9.10. The number of rotatable bonds is 2. The fourth-order valence-corrected chi connectivity index (χ4v) is 2.45. The highest BCUT2D eigenvalue weighted by Crippen LogP contribution is 2.34. The van der Waals surface area contributed by atoms with E-state index in [0.717, 1.165) is 5.56 Å². The summed E-state index contributed by atoms with van der Waals surface area (Å²) in [7, 11) is 0. The number of benzene rings is 2. The van der Waals surface area contributed by atoms with Gasteiger partial charge in [0.25, 0.3) is 0 Å². The van der Waals surface area contributed by atoms with Crippen molar-refractivity contribution in [3.05, 3.63) is 69.2 Å². The number of alkyl halides is 1. The second-order valence-corrected chi connectivity index (χ2v) is 5.41. The van der Waals surface area contributed by atoms with Gasteiger partial charge < -0.3 is 0 Å². The Balaban J connectivity index is 2.46. The lowest BCUT2D eigenvalue weighted by Crippen LogP contribution is -2.01. The Hall–Kier alpha value is -0.930. The summed E-state index contributed by atoms with van der Waals surface area (Å²) in [6, 6.07) is 9.69. The minimum Gasteiger partial charge on any atom is -0.206 e. The van der Waals surface area contributed by atoms with Crippen molar-refractivity contribution in [2.75, 3.05) is 0 Å². The fraction of sp³-hybridized carbons (Fsp3) is 0.143. The molecule has 0 heterocycles. The Morgan fingerprint density at radius 3 is 2.06 bits per heavy atom. The van der Waals surface area contributed by atoms with Gasteiger partial charge in [-0.2, -0.15) is 0 Å². The molecule has 4 heteroatoms. The normalized spacial score (nSPS) is 12.5. The van der Waals surface area contributed by atoms with E-state index in [9.17, 15) is 8.78 Å². The molecule has 1 atom stereocenters. The van der Waals surface area contributed by atoms with Gasteiger partial charge in [0.05, 0.1) is 5.38 Å². The van der Waals surface area contributed by atoms with E-state index < -0.39 is 17.0 Å². The standard InChI is InChI=1S/C14H10BrClF2/c1-8-2-4-9(5-3-8)14(16)13-11(17)6-10(15)7-12(13)18/h2-7,14H,1H3. The van der Waals surface area contributed by atoms with E-state index in [-0.39, 0.29) is 5.56 Å². The van der Waals surface area contributed by atoms with E-state index in [2.05, 4.69) is 15.9 Å². The maximum atomic E-state index is 13.8. The van der Waals surface area contributed by atoms with E-state index in [1.807, 2.05) is 19.1 Å². The van der Waals surface area contributed by atoms with Gasteiger partial charge in [-0.25, -0.2) is 8.78 Å². The Bertz CT molecular complexity index is 544. The lowest BCUT2D eigenvalue weighted by Gasteiger charge is -2.13. The zero-order valence-corrected chi connectivity index (χ0v) is 11.9. The second kappa shape index (κ2) is 5.37. The molecule has 0 spiro atoms. The SMILES string of the molecule is Cc1ccc(C(Cl)c2c(F)cc(Br)cc2F)cc1. The van der Waals surface area contributed by atoms with E-state index in [4.69, 9.17) is 11.6 Å². The highest BCUT2D eigenvalue weighted by Gasteiger charge is 2.20. The van der Waals surface area contributed by atoms with Gasteiger partial charge in [-0.3, -0.25) is 0 Å². The van der Waals surface area contributed by atoms with Gasteiger partial charge in [0.1, 0.15) is 11.6 Å². The Kier molecular flexibility index (Phi) is 4.03. The van der Waals surface area contributed by atoms with Crippen molar-refractivity contribution in [1.29, 1.82) is 0 Å². The minimum absolute atomic E-state index is 0.122. The molecule has 0 aliphatic carbocycles. The zero-order chi connectivity index (χ0) is 13.3. The number of hydrogen-bond acceptors (Lipinski definition) is 0. The molecule has 2 rings (SSSR count). The summed E-state index contributed by atoms with van der Waals surface area (Å²) in [5, 5.41) is -0.835. The summed E-state index contributed by atoms with van der Waals surface area (Å²) >= 11 is 9.19. The van der Waals surface area contributed by atoms with Crippen molar-refractivity contribution in [2.24, 2.45) is 0 Å². The maximum Gasteiger partial charge on any atom is 0.132 e. The molecule has 0 aromatic heterocycles. The first-order valence-corrected chi connectivity index (χ1v) is 6.57. The van der Waals surface area contributed by atoms with E-state index in [1.54, 1.807) is 12.1 Å². The van der Waals surface area contributed by atoms with Gasteiger partial charge in [0.2, 0.25) is 0 Å². The number of hydrogen-bond donors (Lipinski definition) is 0. The lowest BCUT2D eigenvalue weighted by molar-refractivity contribution is 0.557. The lowest BCUT2D eigenvalue weighted by atomic mass is 10.0. The Labute approximate surface area is 118 Å². The van der Waals surface area contributed by atoms with Gasteiger partial charge in [-0.1, -0.05) is 45.8 Å². The van der Waals surface area contributed by atoms with Crippen molar-refractivity contribution in [3.63, 3.8) is 0 Å². The van der Waals surface area contributed by atoms with Crippen molar-refractivity contribution in [2.45, 2.75) is 12.3 Å². The molecule has 0 fully saturated rings.